The van der Waals surface area contributed by atoms with Crippen molar-refractivity contribution in [2.45, 2.75) is 45.4 Å². The second-order valence-corrected chi connectivity index (χ2v) is 13.9. The van der Waals surface area contributed by atoms with Gasteiger partial charge in [-0.1, -0.05) is 148 Å². The summed E-state index contributed by atoms with van der Waals surface area (Å²) in [5, 5.41) is 2.69. The van der Waals surface area contributed by atoms with Crippen molar-refractivity contribution in [3.8, 4) is 22.6 Å². The molecule has 52 heavy (non-hydrogen) atoms. The molecule has 0 aliphatic heterocycles. The molecular formula is C51H44O. The Kier molecular flexibility index (Phi) is 9.42. The molecule has 0 radical (unpaired) electrons. The average Bonchev–Trinajstić information content (AvgIpc) is 3.21. The molecule has 254 valence electrons. The lowest BCUT2D eigenvalue weighted by atomic mass is 9.78. The smallest absolute Gasteiger partial charge is 0.131 e. The van der Waals surface area contributed by atoms with E-state index in [-0.39, 0.29) is 0 Å². The van der Waals surface area contributed by atoms with Crippen molar-refractivity contribution >= 4 is 28.5 Å². The zero-order valence-corrected chi connectivity index (χ0v) is 30.0. The van der Waals surface area contributed by atoms with Crippen LogP contribution in [0.1, 0.15) is 64.3 Å². The lowest BCUT2D eigenvalue weighted by molar-refractivity contribution is 0.472. The molecule has 0 N–H and O–H groups in total. The van der Waals surface area contributed by atoms with E-state index < -0.39 is 0 Å². The first-order valence-electron chi connectivity index (χ1n) is 18.6. The van der Waals surface area contributed by atoms with Gasteiger partial charge in [0.2, 0.25) is 0 Å². The van der Waals surface area contributed by atoms with E-state index >= 15 is 0 Å². The van der Waals surface area contributed by atoms with Gasteiger partial charge in [-0.25, -0.2) is 0 Å². The fraction of sp³-hybridized carbons (Fsp3) is 0.137. The first-order valence-corrected chi connectivity index (χ1v) is 18.6. The third-order valence-corrected chi connectivity index (χ3v) is 10.7. The van der Waals surface area contributed by atoms with E-state index in [2.05, 4.69) is 160 Å². The molecule has 6 aromatic rings. The van der Waals surface area contributed by atoms with Crippen LogP contribution in [0.15, 0.2) is 164 Å². The Labute approximate surface area is 308 Å². The predicted molar refractivity (Wildman–Crippen MR) is 222 cm³/mol. The van der Waals surface area contributed by atoms with Crippen molar-refractivity contribution in [3.63, 3.8) is 0 Å². The van der Waals surface area contributed by atoms with Gasteiger partial charge in [0.25, 0.3) is 0 Å². The largest absolute Gasteiger partial charge is 0.457 e. The van der Waals surface area contributed by atoms with Gasteiger partial charge in [0.1, 0.15) is 11.5 Å². The van der Waals surface area contributed by atoms with Crippen molar-refractivity contribution in [2.24, 2.45) is 0 Å². The molecule has 0 heterocycles. The van der Waals surface area contributed by atoms with Crippen molar-refractivity contribution in [2.75, 3.05) is 0 Å². The van der Waals surface area contributed by atoms with E-state index in [1.165, 1.54) is 49.7 Å². The van der Waals surface area contributed by atoms with Crippen LogP contribution in [0.5, 0.6) is 11.5 Å². The zero-order chi connectivity index (χ0) is 35.4. The second-order valence-electron chi connectivity index (χ2n) is 13.9. The Bertz CT molecular complexity index is 2420. The third-order valence-electron chi connectivity index (χ3n) is 10.7. The van der Waals surface area contributed by atoms with Gasteiger partial charge in [-0.05, 0) is 140 Å². The lowest BCUT2D eigenvalue weighted by Gasteiger charge is -2.26. The van der Waals surface area contributed by atoms with Gasteiger partial charge in [-0.3, -0.25) is 0 Å². The van der Waals surface area contributed by atoms with Crippen LogP contribution in [0.25, 0.3) is 39.6 Å². The normalized spacial score (nSPS) is 13.6. The summed E-state index contributed by atoms with van der Waals surface area (Å²) in [5.74, 6) is 1.79. The minimum Gasteiger partial charge on any atom is -0.457 e. The number of ether oxygens (including phenoxy) is 1. The number of hydrogen-bond acceptors (Lipinski definition) is 1. The van der Waals surface area contributed by atoms with Gasteiger partial charge >= 0.3 is 0 Å². The molecule has 1 nitrogen and oxygen atoms in total. The third kappa shape index (κ3) is 6.63. The van der Waals surface area contributed by atoms with E-state index in [9.17, 15) is 0 Å². The summed E-state index contributed by atoms with van der Waals surface area (Å²) in [4.78, 5) is 0. The highest BCUT2D eigenvalue weighted by atomic mass is 16.5. The van der Waals surface area contributed by atoms with Gasteiger partial charge in [0.15, 0.2) is 0 Å². The molecule has 0 atom stereocenters. The number of para-hydroxylation sites is 1. The van der Waals surface area contributed by atoms with Gasteiger partial charge < -0.3 is 4.74 Å². The standard InChI is InChI=1S/C51H44O/c1-4-37-18-9-14-25-50(37)52-51-34-42(26-27-43(51)31-36-16-7-6-8-17-36)41-20-15-19-40(32-41)38(5-2)30-35(3)39-28-29-48-46-23-11-10-21-44(46)45-22-12-13-24-47(45)49(48)33-39/h5-10,12-22,24-27,30,32-34H,2-4,11,23,28-29,31H2,1H3/b38-30+. The molecule has 0 spiro atoms. The summed E-state index contributed by atoms with van der Waals surface area (Å²) in [6.07, 6.45) is 17.2. The molecule has 0 aromatic heterocycles. The molecule has 0 saturated carbocycles. The number of allylic oxidation sites excluding steroid dienone is 6. The molecule has 2 aliphatic rings. The van der Waals surface area contributed by atoms with Crippen LogP contribution in [-0.2, 0) is 25.7 Å². The molecule has 1 heteroatoms. The number of aryl methyl sites for hydroxylation is 1. The highest BCUT2D eigenvalue weighted by molar-refractivity contribution is 6.00. The van der Waals surface area contributed by atoms with Gasteiger partial charge in [0, 0.05) is 6.42 Å². The van der Waals surface area contributed by atoms with E-state index in [0.29, 0.717) is 0 Å². The molecular weight excluding hydrogens is 629 g/mol. The van der Waals surface area contributed by atoms with Crippen molar-refractivity contribution in [3.05, 3.63) is 208 Å². The number of fused-ring (bicyclic) bond motifs is 6. The SMILES string of the molecule is C=C/C(=C\C(=C)C1=Cc2c(c3c(c4ccccc24)C=CCC3)CC1)c1cccc(-c2ccc(Cc3ccccc3)c(Oc3ccccc3CC)c2)c1. The zero-order valence-electron chi connectivity index (χ0n) is 30.0. The minimum absolute atomic E-state index is 0.798. The Morgan fingerprint density at radius 2 is 1.44 bits per heavy atom. The number of rotatable bonds is 10. The topological polar surface area (TPSA) is 9.23 Å². The summed E-state index contributed by atoms with van der Waals surface area (Å²) in [6, 6.07) is 43.2. The lowest BCUT2D eigenvalue weighted by Crippen LogP contribution is -2.09. The molecule has 0 amide bonds. The van der Waals surface area contributed by atoms with Crippen LogP contribution < -0.4 is 4.74 Å². The molecule has 0 fully saturated rings. The van der Waals surface area contributed by atoms with Crippen LogP contribution in [0.3, 0.4) is 0 Å². The average molecular weight is 673 g/mol. The first kappa shape index (κ1) is 33.2. The maximum Gasteiger partial charge on any atom is 0.131 e. The van der Waals surface area contributed by atoms with Gasteiger partial charge in [-0.2, -0.15) is 0 Å². The molecule has 0 saturated heterocycles. The van der Waals surface area contributed by atoms with Crippen molar-refractivity contribution in [1.29, 1.82) is 0 Å². The summed E-state index contributed by atoms with van der Waals surface area (Å²) < 4.78 is 6.72. The quantitative estimate of drug-likeness (QED) is 0.132. The number of hydrogen-bond donors (Lipinski definition) is 0. The Morgan fingerprint density at radius 3 is 2.27 bits per heavy atom. The minimum atomic E-state index is 0.798. The van der Waals surface area contributed by atoms with Gasteiger partial charge in [-0.15, -0.1) is 0 Å². The maximum absolute atomic E-state index is 6.72. The van der Waals surface area contributed by atoms with Crippen molar-refractivity contribution < 1.29 is 4.74 Å². The maximum atomic E-state index is 6.72. The molecule has 2 aliphatic carbocycles. The summed E-state index contributed by atoms with van der Waals surface area (Å²) >= 11 is 0. The van der Waals surface area contributed by atoms with Crippen LogP contribution in [0, 0.1) is 0 Å². The highest BCUT2D eigenvalue weighted by Gasteiger charge is 2.22. The highest BCUT2D eigenvalue weighted by Crippen LogP contribution is 2.41. The van der Waals surface area contributed by atoms with Crippen LogP contribution in [0.2, 0.25) is 0 Å². The molecule has 6 aromatic carbocycles. The van der Waals surface area contributed by atoms with E-state index in [1.54, 1.807) is 0 Å². The fourth-order valence-corrected chi connectivity index (χ4v) is 7.94. The van der Waals surface area contributed by atoms with E-state index in [1.807, 2.05) is 12.1 Å². The van der Waals surface area contributed by atoms with Gasteiger partial charge in [0.05, 0.1) is 0 Å². The molecule has 8 rings (SSSR count). The Morgan fingerprint density at radius 1 is 0.692 bits per heavy atom. The second kappa shape index (κ2) is 14.7. The van der Waals surface area contributed by atoms with E-state index in [0.717, 1.165) is 83.4 Å². The molecule has 0 unspecified atom stereocenters. The molecule has 0 bridgehead atoms. The summed E-state index contributed by atoms with van der Waals surface area (Å²) in [7, 11) is 0. The van der Waals surface area contributed by atoms with Crippen molar-refractivity contribution in [1.82, 2.24) is 0 Å². The Hall–Kier alpha value is -5.92. The fourth-order valence-electron chi connectivity index (χ4n) is 7.94. The Balaban J connectivity index is 1.12. The van der Waals surface area contributed by atoms with Crippen LogP contribution in [-0.4, -0.2) is 0 Å². The summed E-state index contributed by atoms with van der Waals surface area (Å²) in [6.45, 7) is 11.0. The van der Waals surface area contributed by atoms with E-state index in [4.69, 9.17) is 4.74 Å². The van der Waals surface area contributed by atoms with Crippen LogP contribution >= 0.6 is 0 Å². The number of benzene rings is 6. The first-order chi connectivity index (χ1) is 25.6. The summed E-state index contributed by atoms with van der Waals surface area (Å²) in [5.41, 5.74) is 16.2. The predicted octanol–water partition coefficient (Wildman–Crippen LogP) is 13.6. The van der Waals surface area contributed by atoms with Crippen LogP contribution in [0.4, 0.5) is 0 Å². The monoisotopic (exact) mass is 672 g/mol.